The molecule has 0 aliphatic carbocycles. The number of thiazole rings is 1. The second kappa shape index (κ2) is 2.44. The van der Waals surface area contributed by atoms with Crippen LogP contribution in [0.3, 0.4) is 0 Å². The molecule has 0 saturated carbocycles. The molecule has 1 aromatic rings. The van der Waals surface area contributed by atoms with Crippen LogP contribution in [-0.4, -0.2) is 4.98 Å². The zero-order valence-electron chi connectivity index (χ0n) is 4.46. The van der Waals surface area contributed by atoms with Crippen LogP contribution < -0.4 is 11.3 Å². The van der Waals surface area contributed by atoms with E-state index in [-0.39, 0.29) is 0 Å². The molecule has 0 atom stereocenters. The van der Waals surface area contributed by atoms with Gasteiger partial charge in [0.2, 0.25) is 0 Å². The molecule has 1 aromatic heterocycles. The summed E-state index contributed by atoms with van der Waals surface area (Å²) in [5.74, 6) is 5.01. The topological polar surface area (TPSA) is 55.3 Å². The first kappa shape index (κ1) is 6.01. The lowest BCUT2D eigenvalue weighted by atomic mass is 10.9. The largest absolute Gasteiger partial charge is 0.301 e. The number of hydrogen-bond acceptors (Lipinski definition) is 4. The van der Waals surface area contributed by atoms with E-state index in [0.717, 1.165) is 0 Å². The minimum atomic E-state index is 0.544. The predicted molar refractivity (Wildman–Crippen MR) is 36.2 cm³/mol. The molecule has 0 saturated heterocycles. The van der Waals surface area contributed by atoms with Gasteiger partial charge >= 0.3 is 0 Å². The Morgan fingerprint density at radius 1 is 1.89 bits per heavy atom. The minimum Gasteiger partial charge on any atom is -0.301 e. The Hall–Kier alpha value is -1.12. The van der Waals surface area contributed by atoms with Crippen molar-refractivity contribution < 1.29 is 0 Å². The Labute approximate surface area is 56.1 Å². The molecule has 0 amide bonds. The molecule has 0 aromatic carbocycles. The maximum absolute atomic E-state index is 6.56. The molecule has 1 heterocycles. The van der Waals surface area contributed by atoms with Crippen LogP contribution in [0.5, 0.6) is 0 Å². The van der Waals surface area contributed by atoms with Gasteiger partial charge in [-0.05, 0) is 0 Å². The SMILES string of the molecule is [C-]#[N+]c1cnc(NN)s1. The molecule has 0 aliphatic rings. The van der Waals surface area contributed by atoms with Gasteiger partial charge in [0, 0.05) is 6.20 Å². The van der Waals surface area contributed by atoms with Gasteiger partial charge in [-0.25, -0.2) is 15.7 Å². The third-order valence-corrected chi connectivity index (χ3v) is 1.55. The molecule has 0 fully saturated rings. The smallest absolute Gasteiger partial charge is 0.262 e. The third kappa shape index (κ3) is 1.16. The van der Waals surface area contributed by atoms with Crippen molar-refractivity contribution in [2.75, 3.05) is 5.43 Å². The van der Waals surface area contributed by atoms with E-state index < -0.39 is 0 Å². The first-order valence-electron chi connectivity index (χ1n) is 2.16. The Morgan fingerprint density at radius 2 is 2.67 bits per heavy atom. The number of nitrogens with two attached hydrogens (primary N) is 1. The molecule has 1 rings (SSSR count). The lowest BCUT2D eigenvalue weighted by Gasteiger charge is -1.85. The number of anilines is 1. The first-order valence-corrected chi connectivity index (χ1v) is 2.98. The molecule has 0 radical (unpaired) electrons. The van der Waals surface area contributed by atoms with E-state index in [2.05, 4.69) is 15.3 Å². The van der Waals surface area contributed by atoms with Crippen molar-refractivity contribution in [1.82, 2.24) is 4.98 Å². The lowest BCUT2D eigenvalue weighted by molar-refractivity contribution is 1.29. The van der Waals surface area contributed by atoms with Crippen LogP contribution in [0.1, 0.15) is 0 Å². The highest BCUT2D eigenvalue weighted by molar-refractivity contribution is 7.19. The second-order valence-electron chi connectivity index (χ2n) is 1.26. The van der Waals surface area contributed by atoms with Gasteiger partial charge < -0.3 is 5.43 Å². The fraction of sp³-hybridized carbons (Fsp3) is 0. The maximum Gasteiger partial charge on any atom is 0.262 e. The summed E-state index contributed by atoms with van der Waals surface area (Å²) in [7, 11) is 0. The maximum atomic E-state index is 6.56. The average molecular weight is 140 g/mol. The van der Waals surface area contributed by atoms with Crippen LogP contribution >= 0.6 is 11.3 Å². The van der Waals surface area contributed by atoms with E-state index in [9.17, 15) is 0 Å². The van der Waals surface area contributed by atoms with Crippen LogP contribution in [0, 0.1) is 6.57 Å². The highest BCUT2D eigenvalue weighted by Crippen LogP contribution is 2.24. The standard InChI is InChI=1S/C4H4N4S/c1-6-3-2-7-4(8-5)9-3/h2H,5H2,(H,7,8). The van der Waals surface area contributed by atoms with E-state index >= 15 is 0 Å². The fourth-order valence-corrected chi connectivity index (χ4v) is 0.898. The zero-order chi connectivity index (χ0) is 6.69. The highest BCUT2D eigenvalue weighted by atomic mass is 32.1. The van der Waals surface area contributed by atoms with E-state index in [1.54, 1.807) is 0 Å². The number of nitrogen functional groups attached to an aromatic ring is 1. The molecule has 0 spiro atoms. The summed E-state index contributed by atoms with van der Waals surface area (Å²) in [5.41, 5.74) is 2.35. The molecular formula is C4H4N4S. The predicted octanol–water partition coefficient (Wildman–Crippen LogP) is 0.979. The van der Waals surface area contributed by atoms with E-state index in [1.807, 2.05) is 0 Å². The number of nitrogens with one attached hydrogen (secondary N) is 1. The number of hydrogen-bond donors (Lipinski definition) is 2. The van der Waals surface area contributed by atoms with Gasteiger partial charge in [-0.3, -0.25) is 0 Å². The van der Waals surface area contributed by atoms with Crippen LogP contribution in [-0.2, 0) is 0 Å². The molecule has 0 aliphatic heterocycles. The average Bonchev–Trinajstić information content (AvgIpc) is 2.34. The van der Waals surface area contributed by atoms with Crippen molar-refractivity contribution in [3.63, 3.8) is 0 Å². The summed E-state index contributed by atoms with van der Waals surface area (Å²) in [6.45, 7) is 6.56. The second-order valence-corrected chi connectivity index (χ2v) is 2.27. The van der Waals surface area contributed by atoms with Gasteiger partial charge in [-0.2, -0.15) is 0 Å². The summed E-state index contributed by atoms with van der Waals surface area (Å²) in [6.07, 6.45) is 1.48. The molecule has 4 nitrogen and oxygen atoms in total. The van der Waals surface area contributed by atoms with Crippen molar-refractivity contribution in [3.05, 3.63) is 17.6 Å². The molecule has 46 valence electrons. The Bertz CT molecular complexity index is 235. The summed E-state index contributed by atoms with van der Waals surface area (Å²) >= 11 is 1.23. The van der Waals surface area contributed by atoms with Gasteiger partial charge in [-0.15, -0.1) is 11.3 Å². The molecule has 9 heavy (non-hydrogen) atoms. The van der Waals surface area contributed by atoms with Gasteiger partial charge in [0.25, 0.3) is 5.00 Å². The van der Waals surface area contributed by atoms with Gasteiger partial charge in [0.15, 0.2) is 5.13 Å². The van der Waals surface area contributed by atoms with Crippen molar-refractivity contribution in [2.24, 2.45) is 5.84 Å². The number of hydrazine groups is 1. The van der Waals surface area contributed by atoms with Crippen molar-refractivity contribution in [2.45, 2.75) is 0 Å². The number of aromatic nitrogens is 1. The quantitative estimate of drug-likeness (QED) is 0.347. The van der Waals surface area contributed by atoms with Gasteiger partial charge in [0.1, 0.15) is 0 Å². The van der Waals surface area contributed by atoms with E-state index in [4.69, 9.17) is 12.4 Å². The Balaban J connectivity index is 2.90. The molecule has 0 bridgehead atoms. The number of rotatable bonds is 1. The summed E-state index contributed by atoms with van der Waals surface area (Å²) < 4.78 is 0. The van der Waals surface area contributed by atoms with Crippen LogP contribution in [0.15, 0.2) is 6.20 Å². The van der Waals surface area contributed by atoms with E-state index in [0.29, 0.717) is 10.1 Å². The first-order chi connectivity index (χ1) is 4.36. The normalized spacial score (nSPS) is 8.44. The monoisotopic (exact) mass is 140 g/mol. The summed E-state index contributed by atoms with van der Waals surface area (Å²) in [5, 5.41) is 1.11. The van der Waals surface area contributed by atoms with E-state index in [1.165, 1.54) is 17.5 Å². The van der Waals surface area contributed by atoms with Crippen molar-refractivity contribution in [3.8, 4) is 0 Å². The van der Waals surface area contributed by atoms with Gasteiger partial charge in [-0.1, -0.05) is 0 Å². The molecule has 0 unspecified atom stereocenters. The Kier molecular flexibility index (Phi) is 1.63. The van der Waals surface area contributed by atoms with Crippen LogP contribution in [0.4, 0.5) is 10.1 Å². The van der Waals surface area contributed by atoms with Crippen molar-refractivity contribution >= 4 is 21.5 Å². The highest BCUT2D eigenvalue weighted by Gasteiger charge is 1.95. The van der Waals surface area contributed by atoms with Crippen LogP contribution in [0.25, 0.3) is 4.85 Å². The molecule has 3 N–H and O–H groups in total. The summed E-state index contributed by atoms with van der Waals surface area (Å²) in [6, 6.07) is 0. The third-order valence-electron chi connectivity index (χ3n) is 0.727. The fourth-order valence-electron chi connectivity index (χ4n) is 0.384. The zero-order valence-corrected chi connectivity index (χ0v) is 5.27. The van der Waals surface area contributed by atoms with Crippen molar-refractivity contribution in [1.29, 1.82) is 0 Å². The number of nitrogens with zero attached hydrogens (tertiary/aromatic N) is 2. The molecular weight excluding hydrogens is 136 g/mol. The Morgan fingerprint density at radius 3 is 3.00 bits per heavy atom. The molecule has 5 heteroatoms. The minimum absolute atomic E-state index is 0.544. The van der Waals surface area contributed by atoms with Crippen LogP contribution in [0.2, 0.25) is 0 Å². The van der Waals surface area contributed by atoms with Gasteiger partial charge in [0.05, 0.1) is 6.57 Å². The lowest BCUT2D eigenvalue weighted by Crippen LogP contribution is -2.05. The summed E-state index contributed by atoms with van der Waals surface area (Å²) in [4.78, 5) is 6.92.